The minimum atomic E-state index is -1.01. The Kier molecular flexibility index (Phi) is 4.80. The Hall–Kier alpha value is -1.65. The van der Waals surface area contributed by atoms with E-state index < -0.39 is 11.9 Å². The first kappa shape index (κ1) is 15.7. The second-order valence-corrected chi connectivity index (χ2v) is 6.82. The number of carbonyl (C=O) groups is 2. The largest absolute Gasteiger partial charge is 0.481 e. The molecule has 7 nitrogen and oxygen atoms in total. The van der Waals surface area contributed by atoms with Gasteiger partial charge < -0.3 is 15.0 Å². The fourth-order valence-corrected chi connectivity index (χ4v) is 3.73. The van der Waals surface area contributed by atoms with Crippen LogP contribution in [0.5, 0.6) is 0 Å². The molecule has 0 aliphatic rings. The maximum Gasteiger partial charge on any atom is 0.303 e. The molecular formula is C11H12N4O3S3. The molecule has 112 valence electrons. The van der Waals surface area contributed by atoms with E-state index in [2.05, 4.69) is 15.5 Å². The van der Waals surface area contributed by atoms with Crippen LogP contribution in [-0.2, 0) is 16.6 Å². The van der Waals surface area contributed by atoms with Gasteiger partial charge in [0.15, 0.2) is 8.96 Å². The number of amides is 1. The number of aromatic nitrogens is 3. The van der Waals surface area contributed by atoms with Crippen molar-refractivity contribution in [3.63, 3.8) is 0 Å². The van der Waals surface area contributed by atoms with Crippen molar-refractivity contribution in [2.45, 2.75) is 19.8 Å². The van der Waals surface area contributed by atoms with Gasteiger partial charge in [0, 0.05) is 19.2 Å². The zero-order valence-corrected chi connectivity index (χ0v) is 13.7. The van der Waals surface area contributed by atoms with Crippen LogP contribution in [-0.4, -0.2) is 31.7 Å². The quantitative estimate of drug-likeness (QED) is 0.809. The Morgan fingerprint density at radius 1 is 1.33 bits per heavy atom. The second kappa shape index (κ2) is 6.41. The number of anilines is 1. The van der Waals surface area contributed by atoms with Crippen molar-refractivity contribution < 1.29 is 14.7 Å². The molecule has 0 saturated heterocycles. The normalized spacial score (nSPS) is 10.6. The van der Waals surface area contributed by atoms with Crippen molar-refractivity contribution in [3.8, 4) is 9.88 Å². The van der Waals surface area contributed by atoms with E-state index in [0.29, 0.717) is 10.1 Å². The highest BCUT2D eigenvalue weighted by molar-refractivity contribution is 7.73. The van der Waals surface area contributed by atoms with Crippen molar-refractivity contribution in [2.24, 2.45) is 7.05 Å². The van der Waals surface area contributed by atoms with Crippen LogP contribution in [0.25, 0.3) is 9.88 Å². The monoisotopic (exact) mass is 344 g/mol. The van der Waals surface area contributed by atoms with Gasteiger partial charge in [-0.2, -0.15) is 0 Å². The van der Waals surface area contributed by atoms with Gasteiger partial charge >= 0.3 is 5.97 Å². The Bertz CT molecular complexity index is 746. The van der Waals surface area contributed by atoms with E-state index in [9.17, 15) is 9.59 Å². The topological polar surface area (TPSA) is 97.1 Å². The first-order chi connectivity index (χ1) is 9.88. The molecule has 0 radical (unpaired) electrons. The third-order valence-electron chi connectivity index (χ3n) is 2.73. The van der Waals surface area contributed by atoms with E-state index in [1.54, 1.807) is 0 Å². The van der Waals surface area contributed by atoms with Gasteiger partial charge in [-0.1, -0.05) is 11.3 Å². The van der Waals surface area contributed by atoms with Crippen LogP contribution in [0.1, 0.15) is 18.5 Å². The summed E-state index contributed by atoms with van der Waals surface area (Å²) >= 11 is 7.88. The number of aliphatic carboxylic acids is 1. The summed E-state index contributed by atoms with van der Waals surface area (Å²) in [5.74, 6) is -1.40. The molecule has 10 heteroatoms. The number of carboxylic acid groups (broad SMARTS) is 1. The minimum absolute atomic E-state index is 0.0897. The summed E-state index contributed by atoms with van der Waals surface area (Å²) in [6.07, 6.45) is -0.301. The van der Waals surface area contributed by atoms with Crippen molar-refractivity contribution >= 4 is 51.9 Å². The van der Waals surface area contributed by atoms with E-state index >= 15 is 0 Å². The standard InChI is InChI=1S/C11H12N4O3S3/c1-5-8(20-11(19)15(5)2)9-13-14-10(21-9)12-6(16)3-4-7(17)18/h3-4H2,1-2H3,(H,17,18)(H,12,14,16). The summed E-state index contributed by atoms with van der Waals surface area (Å²) in [6, 6.07) is 0. The number of carboxylic acids is 1. The van der Waals surface area contributed by atoms with Crippen LogP contribution < -0.4 is 5.32 Å². The van der Waals surface area contributed by atoms with Crippen LogP contribution >= 0.6 is 34.9 Å². The van der Waals surface area contributed by atoms with E-state index in [0.717, 1.165) is 14.5 Å². The molecule has 0 aromatic carbocycles. The molecule has 0 aliphatic heterocycles. The van der Waals surface area contributed by atoms with Crippen molar-refractivity contribution in [2.75, 3.05) is 5.32 Å². The van der Waals surface area contributed by atoms with Crippen LogP contribution in [0.15, 0.2) is 0 Å². The highest BCUT2D eigenvalue weighted by atomic mass is 32.1. The molecule has 0 bridgehead atoms. The average molecular weight is 344 g/mol. The molecule has 2 N–H and O–H groups in total. The third kappa shape index (κ3) is 3.71. The first-order valence-corrected chi connectivity index (χ1v) is 7.94. The lowest BCUT2D eigenvalue weighted by atomic mass is 10.3. The van der Waals surface area contributed by atoms with Gasteiger partial charge in [0.1, 0.15) is 0 Å². The van der Waals surface area contributed by atoms with E-state index in [4.69, 9.17) is 17.3 Å². The van der Waals surface area contributed by atoms with Gasteiger partial charge in [0.05, 0.1) is 11.3 Å². The fraction of sp³-hybridized carbons (Fsp3) is 0.364. The molecule has 2 heterocycles. The number of hydrogen-bond donors (Lipinski definition) is 2. The van der Waals surface area contributed by atoms with E-state index in [-0.39, 0.29) is 12.8 Å². The smallest absolute Gasteiger partial charge is 0.303 e. The van der Waals surface area contributed by atoms with Crippen LogP contribution in [0.4, 0.5) is 5.13 Å². The molecule has 21 heavy (non-hydrogen) atoms. The van der Waals surface area contributed by atoms with Gasteiger partial charge in [0.25, 0.3) is 0 Å². The molecule has 0 aliphatic carbocycles. The third-order valence-corrected chi connectivity index (χ3v) is 5.38. The highest BCUT2D eigenvalue weighted by Gasteiger charge is 2.15. The van der Waals surface area contributed by atoms with Crippen LogP contribution in [0.3, 0.4) is 0 Å². The summed E-state index contributed by atoms with van der Waals surface area (Å²) in [7, 11) is 1.88. The van der Waals surface area contributed by atoms with Crippen LogP contribution in [0.2, 0.25) is 0 Å². The summed E-state index contributed by atoms with van der Waals surface area (Å²) in [5, 5.41) is 20.0. The minimum Gasteiger partial charge on any atom is -0.481 e. The first-order valence-electron chi connectivity index (χ1n) is 5.90. The lowest BCUT2D eigenvalue weighted by molar-refractivity contribution is -0.138. The zero-order valence-electron chi connectivity index (χ0n) is 11.2. The highest BCUT2D eigenvalue weighted by Crippen LogP contribution is 2.33. The van der Waals surface area contributed by atoms with Gasteiger partial charge in [-0.15, -0.1) is 21.5 Å². The lowest BCUT2D eigenvalue weighted by Crippen LogP contribution is -2.12. The summed E-state index contributed by atoms with van der Waals surface area (Å²) in [4.78, 5) is 22.9. The number of rotatable bonds is 5. The summed E-state index contributed by atoms with van der Waals surface area (Å²) < 4.78 is 2.63. The molecule has 0 unspecified atom stereocenters. The Balaban J connectivity index is 2.11. The Morgan fingerprint density at radius 3 is 2.62 bits per heavy atom. The molecule has 2 rings (SSSR count). The van der Waals surface area contributed by atoms with Crippen LogP contribution in [0, 0.1) is 10.9 Å². The number of hydrogen-bond acceptors (Lipinski definition) is 7. The summed E-state index contributed by atoms with van der Waals surface area (Å²) in [6.45, 7) is 1.94. The van der Waals surface area contributed by atoms with E-state index in [1.165, 1.54) is 22.7 Å². The second-order valence-electron chi connectivity index (χ2n) is 4.20. The molecular weight excluding hydrogens is 332 g/mol. The SMILES string of the molecule is Cc1c(-c2nnc(NC(=O)CCC(=O)O)s2)sc(=S)n1C. The zero-order chi connectivity index (χ0) is 15.6. The molecule has 2 aromatic rings. The van der Waals surface area contributed by atoms with Gasteiger partial charge in [-0.25, -0.2) is 0 Å². The molecule has 0 saturated carbocycles. The number of thiazole rings is 1. The van der Waals surface area contributed by atoms with Crippen molar-refractivity contribution in [3.05, 3.63) is 9.65 Å². The molecule has 0 atom stereocenters. The van der Waals surface area contributed by atoms with Gasteiger partial charge in [0.2, 0.25) is 11.0 Å². The van der Waals surface area contributed by atoms with Gasteiger partial charge in [-0.05, 0) is 19.1 Å². The van der Waals surface area contributed by atoms with Crippen molar-refractivity contribution in [1.29, 1.82) is 0 Å². The Morgan fingerprint density at radius 2 is 2.05 bits per heavy atom. The van der Waals surface area contributed by atoms with Gasteiger partial charge in [-0.3, -0.25) is 9.59 Å². The molecule has 0 spiro atoms. The fourth-order valence-electron chi connectivity index (χ4n) is 1.49. The predicted molar refractivity (Wildman–Crippen MR) is 83.3 cm³/mol. The Labute approximate surface area is 133 Å². The lowest BCUT2D eigenvalue weighted by Gasteiger charge is -1.98. The number of nitrogens with one attached hydrogen (secondary N) is 1. The average Bonchev–Trinajstić information content (AvgIpc) is 2.97. The van der Waals surface area contributed by atoms with Crippen molar-refractivity contribution in [1.82, 2.24) is 14.8 Å². The maximum absolute atomic E-state index is 11.5. The molecule has 0 fully saturated rings. The van der Waals surface area contributed by atoms with E-state index in [1.807, 2.05) is 18.5 Å². The molecule has 2 aromatic heterocycles. The molecule has 1 amide bonds. The maximum atomic E-state index is 11.5. The number of nitrogens with zero attached hydrogens (tertiary/aromatic N) is 3. The predicted octanol–water partition coefficient (Wildman–Crippen LogP) is 2.45. The summed E-state index contributed by atoms with van der Waals surface area (Å²) in [5.41, 5.74) is 0.991. The number of carbonyl (C=O) groups excluding carboxylic acids is 1.